The van der Waals surface area contributed by atoms with Gasteiger partial charge in [0.2, 0.25) is 5.91 Å². The lowest BCUT2D eigenvalue weighted by Gasteiger charge is -2.39. The van der Waals surface area contributed by atoms with Gasteiger partial charge in [-0.2, -0.15) is 0 Å². The number of rotatable bonds is 4. The Morgan fingerprint density at radius 3 is 2.89 bits per heavy atom. The van der Waals surface area contributed by atoms with Crippen LogP contribution in [-0.4, -0.2) is 61.9 Å². The first-order valence-corrected chi connectivity index (χ1v) is 7.27. The second-order valence-corrected chi connectivity index (χ2v) is 6.07. The van der Waals surface area contributed by atoms with Crippen LogP contribution in [0.15, 0.2) is 0 Å². The van der Waals surface area contributed by atoms with Gasteiger partial charge < -0.3 is 19.7 Å². The largest absolute Gasteiger partial charge is 0.379 e. The van der Waals surface area contributed by atoms with E-state index < -0.39 is 0 Å². The Morgan fingerprint density at radius 1 is 1.42 bits per heavy atom. The summed E-state index contributed by atoms with van der Waals surface area (Å²) in [4.78, 5) is 14.5. The molecule has 2 saturated heterocycles. The molecule has 2 fully saturated rings. The maximum atomic E-state index is 12.6. The average Bonchev–Trinajstić information content (AvgIpc) is 2.82. The van der Waals surface area contributed by atoms with Crippen molar-refractivity contribution in [2.24, 2.45) is 5.92 Å². The van der Waals surface area contributed by atoms with Crippen molar-refractivity contribution >= 4 is 5.91 Å². The molecule has 0 aromatic carbocycles. The Morgan fingerprint density at radius 2 is 2.21 bits per heavy atom. The molecule has 19 heavy (non-hydrogen) atoms. The topological polar surface area (TPSA) is 50.8 Å². The van der Waals surface area contributed by atoms with Gasteiger partial charge >= 0.3 is 0 Å². The van der Waals surface area contributed by atoms with Gasteiger partial charge in [0.1, 0.15) is 0 Å². The number of ether oxygens (including phenoxy) is 2. The molecule has 5 nitrogen and oxygen atoms in total. The third-order valence-electron chi connectivity index (χ3n) is 3.79. The van der Waals surface area contributed by atoms with Crippen LogP contribution >= 0.6 is 0 Å². The van der Waals surface area contributed by atoms with E-state index in [1.807, 2.05) is 18.7 Å². The number of hydrogen-bond acceptors (Lipinski definition) is 4. The van der Waals surface area contributed by atoms with Crippen molar-refractivity contribution in [1.82, 2.24) is 10.2 Å². The lowest BCUT2D eigenvalue weighted by atomic mass is 9.99. The average molecular weight is 270 g/mol. The molecule has 2 atom stereocenters. The van der Waals surface area contributed by atoms with Crippen LogP contribution in [0.25, 0.3) is 0 Å². The zero-order valence-electron chi connectivity index (χ0n) is 12.3. The highest BCUT2D eigenvalue weighted by Gasteiger charge is 2.39. The highest BCUT2D eigenvalue weighted by atomic mass is 16.5. The van der Waals surface area contributed by atoms with Crippen molar-refractivity contribution in [2.75, 3.05) is 39.5 Å². The molecule has 110 valence electrons. The van der Waals surface area contributed by atoms with Gasteiger partial charge in [-0.15, -0.1) is 0 Å². The summed E-state index contributed by atoms with van der Waals surface area (Å²) in [5.74, 6) is 0.169. The standard InChI is InChI=1S/C14H26N2O3/c1-4-5-15-12-9-18-8-11(12)13(17)16-6-7-19-14(2,3)10-16/h11-12,15H,4-10H2,1-3H3. The monoisotopic (exact) mass is 270 g/mol. The van der Waals surface area contributed by atoms with Crippen molar-refractivity contribution in [3.63, 3.8) is 0 Å². The van der Waals surface area contributed by atoms with Gasteiger partial charge in [0.25, 0.3) is 0 Å². The highest BCUT2D eigenvalue weighted by molar-refractivity contribution is 5.80. The Labute approximate surface area is 115 Å². The molecule has 2 rings (SSSR count). The summed E-state index contributed by atoms with van der Waals surface area (Å²) in [5.41, 5.74) is -0.236. The summed E-state index contributed by atoms with van der Waals surface area (Å²) in [5, 5.41) is 3.42. The molecule has 1 N–H and O–H groups in total. The number of nitrogens with one attached hydrogen (secondary N) is 1. The van der Waals surface area contributed by atoms with Crippen LogP contribution in [0.5, 0.6) is 0 Å². The fourth-order valence-electron chi connectivity index (χ4n) is 2.77. The Bertz CT molecular complexity index is 320. The molecule has 0 radical (unpaired) electrons. The normalized spacial score (nSPS) is 30.6. The lowest BCUT2D eigenvalue weighted by molar-refractivity contribution is -0.150. The maximum absolute atomic E-state index is 12.6. The van der Waals surface area contributed by atoms with E-state index in [-0.39, 0.29) is 23.5 Å². The zero-order valence-corrected chi connectivity index (χ0v) is 12.3. The summed E-state index contributed by atoms with van der Waals surface area (Å²) in [6.07, 6.45) is 1.07. The van der Waals surface area contributed by atoms with Crippen molar-refractivity contribution < 1.29 is 14.3 Å². The molecule has 5 heteroatoms. The fraction of sp³-hybridized carbons (Fsp3) is 0.929. The van der Waals surface area contributed by atoms with Gasteiger partial charge in [-0.3, -0.25) is 4.79 Å². The molecular formula is C14H26N2O3. The smallest absolute Gasteiger partial charge is 0.229 e. The molecule has 0 aromatic rings. The number of carbonyl (C=O) groups is 1. The molecule has 0 saturated carbocycles. The number of hydrogen-bond donors (Lipinski definition) is 1. The zero-order chi connectivity index (χ0) is 13.9. The summed E-state index contributed by atoms with van der Waals surface area (Å²) >= 11 is 0. The van der Waals surface area contributed by atoms with Crippen molar-refractivity contribution in [3.8, 4) is 0 Å². The molecule has 0 bridgehead atoms. The maximum Gasteiger partial charge on any atom is 0.229 e. The van der Waals surface area contributed by atoms with Crippen LogP contribution in [-0.2, 0) is 14.3 Å². The van der Waals surface area contributed by atoms with E-state index in [0.29, 0.717) is 32.9 Å². The minimum atomic E-state index is -0.236. The Kier molecular flexibility index (Phi) is 4.81. The molecule has 2 unspecified atom stereocenters. The van der Waals surface area contributed by atoms with Crippen LogP contribution in [0.4, 0.5) is 0 Å². The number of nitrogens with zero attached hydrogens (tertiary/aromatic N) is 1. The van der Waals surface area contributed by atoms with E-state index in [9.17, 15) is 4.79 Å². The molecule has 0 aromatic heterocycles. The summed E-state index contributed by atoms with van der Waals surface area (Å²) in [7, 11) is 0. The second kappa shape index (κ2) is 6.20. The van der Waals surface area contributed by atoms with Gasteiger partial charge in [0, 0.05) is 19.1 Å². The summed E-state index contributed by atoms with van der Waals surface area (Å²) in [6.45, 7) is 10.3. The third kappa shape index (κ3) is 3.68. The minimum absolute atomic E-state index is 0.0413. The second-order valence-electron chi connectivity index (χ2n) is 6.07. The Hall–Kier alpha value is -0.650. The first-order chi connectivity index (χ1) is 9.03. The van der Waals surface area contributed by atoms with Gasteiger partial charge in [-0.1, -0.05) is 6.92 Å². The van der Waals surface area contributed by atoms with E-state index in [0.717, 1.165) is 13.0 Å². The first-order valence-electron chi connectivity index (χ1n) is 7.27. The van der Waals surface area contributed by atoms with Gasteiger partial charge in [-0.05, 0) is 26.8 Å². The molecule has 1 amide bonds. The SMILES string of the molecule is CCCNC1COCC1C(=O)N1CCOC(C)(C)C1. The molecule has 2 heterocycles. The van der Waals surface area contributed by atoms with E-state index >= 15 is 0 Å². The molecule has 0 spiro atoms. The number of morpholine rings is 1. The third-order valence-corrected chi connectivity index (χ3v) is 3.79. The van der Waals surface area contributed by atoms with E-state index in [1.165, 1.54) is 0 Å². The van der Waals surface area contributed by atoms with Crippen LogP contribution in [0.3, 0.4) is 0 Å². The summed E-state index contributed by atoms with van der Waals surface area (Å²) in [6, 6.07) is 0.165. The molecule has 0 aliphatic carbocycles. The van der Waals surface area contributed by atoms with Crippen LogP contribution in [0.2, 0.25) is 0 Å². The van der Waals surface area contributed by atoms with E-state index in [1.54, 1.807) is 0 Å². The first kappa shape index (κ1) is 14.8. The van der Waals surface area contributed by atoms with Crippen LogP contribution in [0.1, 0.15) is 27.2 Å². The fourth-order valence-corrected chi connectivity index (χ4v) is 2.77. The molecule has 2 aliphatic heterocycles. The Balaban J connectivity index is 1.94. The quantitative estimate of drug-likeness (QED) is 0.814. The van der Waals surface area contributed by atoms with Gasteiger partial charge in [0.05, 0.1) is 31.3 Å². The van der Waals surface area contributed by atoms with Crippen molar-refractivity contribution in [1.29, 1.82) is 0 Å². The van der Waals surface area contributed by atoms with Crippen LogP contribution < -0.4 is 5.32 Å². The van der Waals surface area contributed by atoms with E-state index in [2.05, 4.69) is 12.2 Å². The minimum Gasteiger partial charge on any atom is -0.379 e. The predicted octanol–water partition coefficient (Wildman–Crippen LogP) is 0.638. The van der Waals surface area contributed by atoms with Gasteiger partial charge in [-0.25, -0.2) is 0 Å². The number of carbonyl (C=O) groups excluding carboxylic acids is 1. The lowest BCUT2D eigenvalue weighted by Crippen LogP contribution is -2.54. The van der Waals surface area contributed by atoms with Crippen molar-refractivity contribution in [3.05, 3.63) is 0 Å². The predicted molar refractivity (Wildman–Crippen MR) is 73.0 cm³/mol. The highest BCUT2D eigenvalue weighted by Crippen LogP contribution is 2.22. The van der Waals surface area contributed by atoms with Crippen LogP contribution in [0, 0.1) is 5.92 Å². The van der Waals surface area contributed by atoms with Gasteiger partial charge in [0.15, 0.2) is 0 Å². The summed E-state index contributed by atoms with van der Waals surface area (Å²) < 4.78 is 11.1. The molecular weight excluding hydrogens is 244 g/mol. The van der Waals surface area contributed by atoms with E-state index in [4.69, 9.17) is 9.47 Å². The number of amides is 1. The molecule has 2 aliphatic rings. The van der Waals surface area contributed by atoms with Crippen molar-refractivity contribution in [2.45, 2.75) is 38.8 Å².